The van der Waals surface area contributed by atoms with Gasteiger partial charge in [-0.25, -0.2) is 0 Å². The van der Waals surface area contributed by atoms with Crippen molar-refractivity contribution in [3.05, 3.63) is 66.2 Å². The van der Waals surface area contributed by atoms with Gasteiger partial charge in [-0.15, -0.1) is 0 Å². The van der Waals surface area contributed by atoms with E-state index in [2.05, 4.69) is 5.32 Å². The molecule has 77 valence electrons. The first-order valence-corrected chi connectivity index (χ1v) is 4.78. The summed E-state index contributed by atoms with van der Waals surface area (Å²) in [6, 6.07) is 18.6. The van der Waals surface area contributed by atoms with E-state index in [0.29, 0.717) is 5.56 Å². The summed E-state index contributed by atoms with van der Waals surface area (Å²) in [6.07, 6.45) is 0. The van der Waals surface area contributed by atoms with E-state index < -0.39 is 0 Å². The van der Waals surface area contributed by atoms with Crippen molar-refractivity contribution in [2.45, 2.75) is 0 Å². The molecule has 2 rings (SSSR count). The molecule has 2 nitrogen and oxygen atoms in total. The van der Waals surface area contributed by atoms with Crippen LogP contribution in [-0.2, 0) is 0 Å². The second-order valence-electron chi connectivity index (χ2n) is 3.19. The zero-order valence-electron chi connectivity index (χ0n) is 8.76. The van der Waals surface area contributed by atoms with Crippen molar-refractivity contribution in [3.8, 4) is 0 Å². The van der Waals surface area contributed by atoms with Crippen LogP contribution in [0.3, 0.4) is 0 Å². The Morgan fingerprint density at radius 3 is 1.88 bits per heavy atom. The van der Waals surface area contributed by atoms with E-state index in [1.165, 1.54) is 0 Å². The van der Waals surface area contributed by atoms with Gasteiger partial charge in [-0.1, -0.05) is 36.4 Å². The standard InChI is InChI=1S/C13H11NO.B/c15-13(11-7-3-1-4-8-11)14-12-9-5-2-6-10-12;/h1-10H,(H,14,15);. The van der Waals surface area contributed by atoms with Gasteiger partial charge in [0.2, 0.25) is 0 Å². The molecular weight excluding hydrogens is 197 g/mol. The van der Waals surface area contributed by atoms with Crippen LogP contribution in [0.2, 0.25) is 0 Å². The summed E-state index contributed by atoms with van der Waals surface area (Å²) < 4.78 is 0. The van der Waals surface area contributed by atoms with Gasteiger partial charge in [-0.05, 0) is 24.3 Å². The molecule has 0 aliphatic heterocycles. The van der Waals surface area contributed by atoms with E-state index in [0.717, 1.165) is 5.69 Å². The summed E-state index contributed by atoms with van der Waals surface area (Å²) in [4.78, 5) is 11.7. The van der Waals surface area contributed by atoms with Crippen molar-refractivity contribution in [1.82, 2.24) is 0 Å². The third kappa shape index (κ3) is 2.99. The third-order valence-electron chi connectivity index (χ3n) is 2.07. The fourth-order valence-electron chi connectivity index (χ4n) is 1.31. The molecule has 0 aromatic heterocycles. The molecule has 0 bridgehead atoms. The molecule has 1 amide bonds. The number of amides is 1. The molecule has 0 fully saturated rings. The maximum absolute atomic E-state index is 11.7. The summed E-state index contributed by atoms with van der Waals surface area (Å²) in [5.74, 6) is -0.0817. The minimum absolute atomic E-state index is 0. The second-order valence-corrected chi connectivity index (χ2v) is 3.19. The number of carbonyl (C=O) groups excluding carboxylic acids is 1. The maximum atomic E-state index is 11.7. The first-order chi connectivity index (χ1) is 7.36. The van der Waals surface area contributed by atoms with Crippen LogP contribution in [0.25, 0.3) is 0 Å². The number of anilines is 1. The number of benzene rings is 2. The monoisotopic (exact) mass is 208 g/mol. The van der Waals surface area contributed by atoms with Crippen LogP contribution in [0.4, 0.5) is 5.69 Å². The highest BCUT2D eigenvalue weighted by Gasteiger charge is 2.03. The lowest BCUT2D eigenvalue weighted by atomic mass is 10.2. The molecule has 2 aromatic rings. The SMILES string of the molecule is O=C(Nc1ccccc1)c1ccccc1.[B]. The summed E-state index contributed by atoms with van der Waals surface area (Å²) in [5, 5.41) is 2.82. The van der Waals surface area contributed by atoms with E-state index in [4.69, 9.17) is 0 Å². The molecule has 0 atom stereocenters. The number of rotatable bonds is 2. The van der Waals surface area contributed by atoms with Gasteiger partial charge >= 0.3 is 0 Å². The van der Waals surface area contributed by atoms with Crippen LogP contribution in [0.15, 0.2) is 60.7 Å². The number of para-hydroxylation sites is 1. The number of nitrogens with one attached hydrogen (secondary N) is 1. The fraction of sp³-hybridized carbons (Fsp3) is 0. The fourth-order valence-corrected chi connectivity index (χ4v) is 1.31. The van der Waals surface area contributed by atoms with Gasteiger partial charge in [-0.3, -0.25) is 4.79 Å². The van der Waals surface area contributed by atoms with Crippen LogP contribution in [0, 0.1) is 0 Å². The number of hydrogen-bond donors (Lipinski definition) is 1. The van der Waals surface area contributed by atoms with Crippen molar-refractivity contribution in [2.24, 2.45) is 0 Å². The lowest BCUT2D eigenvalue weighted by molar-refractivity contribution is 0.102. The van der Waals surface area contributed by atoms with Gasteiger partial charge in [0.15, 0.2) is 0 Å². The molecule has 0 heterocycles. The Hall–Kier alpha value is -2.03. The highest BCUT2D eigenvalue weighted by Crippen LogP contribution is 2.07. The molecule has 3 radical (unpaired) electrons. The summed E-state index contributed by atoms with van der Waals surface area (Å²) in [7, 11) is 0. The lowest BCUT2D eigenvalue weighted by Gasteiger charge is -2.03. The second kappa shape index (κ2) is 5.76. The number of carbonyl (C=O) groups is 1. The van der Waals surface area contributed by atoms with Crippen LogP contribution in [0.5, 0.6) is 0 Å². The minimum Gasteiger partial charge on any atom is -0.322 e. The van der Waals surface area contributed by atoms with Gasteiger partial charge in [0.05, 0.1) is 0 Å². The molecule has 0 aliphatic carbocycles. The predicted molar refractivity (Wildman–Crippen MR) is 66.6 cm³/mol. The van der Waals surface area contributed by atoms with Gasteiger partial charge < -0.3 is 5.32 Å². The predicted octanol–water partition coefficient (Wildman–Crippen LogP) is 2.56. The first kappa shape index (κ1) is 12.0. The van der Waals surface area contributed by atoms with Crippen molar-refractivity contribution in [1.29, 1.82) is 0 Å². The zero-order valence-corrected chi connectivity index (χ0v) is 8.76. The Morgan fingerprint density at radius 1 is 0.812 bits per heavy atom. The molecular formula is C13H11BNO. The summed E-state index contributed by atoms with van der Waals surface area (Å²) in [5.41, 5.74) is 1.48. The van der Waals surface area contributed by atoms with Crippen molar-refractivity contribution in [3.63, 3.8) is 0 Å². The largest absolute Gasteiger partial charge is 0.322 e. The average molecular weight is 208 g/mol. The average Bonchev–Trinajstić information content (AvgIpc) is 2.31. The molecule has 2 aromatic carbocycles. The molecule has 16 heavy (non-hydrogen) atoms. The zero-order chi connectivity index (χ0) is 10.5. The van der Waals surface area contributed by atoms with E-state index in [-0.39, 0.29) is 14.3 Å². The molecule has 0 aliphatic rings. The van der Waals surface area contributed by atoms with Crippen LogP contribution in [-0.4, -0.2) is 14.3 Å². The minimum atomic E-state index is -0.0817. The van der Waals surface area contributed by atoms with Crippen molar-refractivity contribution in [2.75, 3.05) is 5.32 Å². The van der Waals surface area contributed by atoms with Gasteiger partial charge in [0.25, 0.3) is 5.91 Å². The third-order valence-corrected chi connectivity index (χ3v) is 2.07. The Balaban J connectivity index is 0.00000128. The lowest BCUT2D eigenvalue weighted by Crippen LogP contribution is -2.11. The molecule has 1 N–H and O–H groups in total. The molecule has 0 saturated heterocycles. The number of hydrogen-bond acceptors (Lipinski definition) is 1. The Bertz CT molecular complexity index is 442. The quantitative estimate of drug-likeness (QED) is 0.755. The Kier molecular flexibility index (Phi) is 4.34. The van der Waals surface area contributed by atoms with E-state index in [9.17, 15) is 4.79 Å². The highest BCUT2D eigenvalue weighted by molar-refractivity contribution is 6.04. The molecule has 0 saturated carbocycles. The molecule has 3 heteroatoms. The molecule has 0 unspecified atom stereocenters. The van der Waals surface area contributed by atoms with E-state index >= 15 is 0 Å². The van der Waals surface area contributed by atoms with Crippen LogP contribution >= 0.6 is 0 Å². The van der Waals surface area contributed by atoms with Crippen LogP contribution < -0.4 is 5.32 Å². The van der Waals surface area contributed by atoms with Gasteiger partial charge in [0.1, 0.15) is 0 Å². The van der Waals surface area contributed by atoms with E-state index in [1.54, 1.807) is 12.1 Å². The Morgan fingerprint density at radius 2 is 1.31 bits per heavy atom. The summed E-state index contributed by atoms with van der Waals surface area (Å²) >= 11 is 0. The van der Waals surface area contributed by atoms with Crippen molar-refractivity contribution < 1.29 is 4.79 Å². The molecule has 0 spiro atoms. The maximum Gasteiger partial charge on any atom is 0.255 e. The van der Waals surface area contributed by atoms with E-state index in [1.807, 2.05) is 48.5 Å². The first-order valence-electron chi connectivity index (χ1n) is 4.78. The summed E-state index contributed by atoms with van der Waals surface area (Å²) in [6.45, 7) is 0. The van der Waals surface area contributed by atoms with Crippen LogP contribution in [0.1, 0.15) is 10.4 Å². The topological polar surface area (TPSA) is 29.1 Å². The normalized spacial score (nSPS) is 9.00. The van der Waals surface area contributed by atoms with Gasteiger partial charge in [0, 0.05) is 19.7 Å². The Labute approximate surface area is 96.9 Å². The highest BCUT2D eigenvalue weighted by atomic mass is 16.1. The smallest absolute Gasteiger partial charge is 0.255 e. The van der Waals surface area contributed by atoms with Gasteiger partial charge in [-0.2, -0.15) is 0 Å². The van der Waals surface area contributed by atoms with Crippen molar-refractivity contribution >= 4 is 20.0 Å².